The second kappa shape index (κ2) is 11.4. The number of rotatable bonds is 7. The van der Waals surface area contributed by atoms with Gasteiger partial charge >= 0.3 is 6.18 Å². The number of nitrogens with one attached hydrogen (secondary N) is 1. The lowest BCUT2D eigenvalue weighted by atomic mass is 9.78. The molecule has 0 bridgehead atoms. The number of nitro groups is 1. The van der Waals surface area contributed by atoms with Crippen LogP contribution in [-0.2, 0) is 11.0 Å². The largest absolute Gasteiger partial charge is 0.423 e. The summed E-state index contributed by atoms with van der Waals surface area (Å²) in [5.41, 5.74) is -1.52. The molecule has 2 fully saturated rings. The van der Waals surface area contributed by atoms with Gasteiger partial charge in [-0.15, -0.1) is 0 Å². The molecule has 1 amide bonds. The fourth-order valence-corrected chi connectivity index (χ4v) is 5.79. The zero-order valence-electron chi connectivity index (χ0n) is 22.1. The SMILES string of the molecule is CN(C[C@H]1CC[C@H](Nc2ccc([N+](=O)[O-])c(C(F)(F)F)c2)CC1)C(=O)C1(C)CCN(c2ccc(F)cc2)CC1. The van der Waals surface area contributed by atoms with Crippen molar-refractivity contribution in [2.24, 2.45) is 11.3 Å². The zero-order valence-corrected chi connectivity index (χ0v) is 22.1. The van der Waals surface area contributed by atoms with Gasteiger partial charge in [-0.3, -0.25) is 14.9 Å². The first-order valence-corrected chi connectivity index (χ1v) is 13.2. The number of piperidine rings is 1. The molecule has 1 saturated carbocycles. The summed E-state index contributed by atoms with van der Waals surface area (Å²) in [6.07, 6.45) is -0.293. The molecular weight excluding hydrogens is 516 g/mol. The normalized spacial score (nSPS) is 21.3. The lowest BCUT2D eigenvalue weighted by Crippen LogP contribution is -2.49. The number of hydrogen-bond acceptors (Lipinski definition) is 5. The molecule has 0 aromatic heterocycles. The lowest BCUT2D eigenvalue weighted by Gasteiger charge is -2.42. The van der Waals surface area contributed by atoms with Crippen molar-refractivity contribution >= 4 is 23.0 Å². The van der Waals surface area contributed by atoms with Gasteiger partial charge in [0.05, 0.1) is 4.92 Å². The minimum Gasteiger partial charge on any atom is -0.382 e. The second-order valence-electron chi connectivity index (χ2n) is 11.1. The van der Waals surface area contributed by atoms with Gasteiger partial charge in [0.1, 0.15) is 11.4 Å². The Morgan fingerprint density at radius 1 is 1.10 bits per heavy atom. The maximum atomic E-state index is 13.4. The first-order valence-electron chi connectivity index (χ1n) is 13.2. The van der Waals surface area contributed by atoms with Crippen molar-refractivity contribution in [2.75, 3.05) is 36.9 Å². The van der Waals surface area contributed by atoms with Crippen LogP contribution in [-0.4, -0.2) is 48.5 Å². The highest BCUT2D eigenvalue weighted by atomic mass is 19.4. The van der Waals surface area contributed by atoms with Crippen molar-refractivity contribution in [2.45, 2.75) is 57.7 Å². The van der Waals surface area contributed by atoms with Gasteiger partial charge in [0.2, 0.25) is 5.91 Å². The smallest absolute Gasteiger partial charge is 0.382 e. The minimum atomic E-state index is -4.82. The van der Waals surface area contributed by atoms with E-state index in [0.29, 0.717) is 25.3 Å². The zero-order chi connectivity index (χ0) is 28.4. The van der Waals surface area contributed by atoms with Crippen molar-refractivity contribution in [3.8, 4) is 0 Å². The number of amides is 1. The molecule has 212 valence electrons. The molecular formula is C28H34F4N4O3. The molecule has 0 unspecified atom stereocenters. The van der Waals surface area contributed by atoms with E-state index in [2.05, 4.69) is 10.2 Å². The third-order valence-electron chi connectivity index (χ3n) is 8.17. The fourth-order valence-electron chi connectivity index (χ4n) is 5.79. The third kappa shape index (κ3) is 6.80. The molecule has 39 heavy (non-hydrogen) atoms. The van der Waals surface area contributed by atoms with Crippen LogP contribution in [0.15, 0.2) is 42.5 Å². The van der Waals surface area contributed by atoms with E-state index in [9.17, 15) is 32.5 Å². The van der Waals surface area contributed by atoms with Crippen molar-refractivity contribution in [3.05, 3.63) is 64.0 Å². The van der Waals surface area contributed by atoms with Crippen LogP contribution in [0.5, 0.6) is 0 Å². The van der Waals surface area contributed by atoms with Crippen molar-refractivity contribution in [1.82, 2.24) is 4.90 Å². The number of halogens is 4. The monoisotopic (exact) mass is 550 g/mol. The molecule has 2 aromatic rings. The Kier molecular flexibility index (Phi) is 8.37. The predicted octanol–water partition coefficient (Wildman–Crippen LogP) is 6.49. The molecule has 11 heteroatoms. The summed E-state index contributed by atoms with van der Waals surface area (Å²) in [6, 6.07) is 9.37. The quantitative estimate of drug-likeness (QED) is 0.242. The van der Waals surface area contributed by atoms with E-state index in [4.69, 9.17) is 0 Å². The lowest BCUT2D eigenvalue weighted by molar-refractivity contribution is -0.388. The number of hydrogen-bond donors (Lipinski definition) is 1. The van der Waals surface area contributed by atoms with Gasteiger partial charge in [-0.25, -0.2) is 4.39 Å². The van der Waals surface area contributed by atoms with E-state index in [1.807, 2.05) is 18.9 Å². The van der Waals surface area contributed by atoms with Crippen molar-refractivity contribution in [3.63, 3.8) is 0 Å². The van der Waals surface area contributed by atoms with Gasteiger partial charge in [-0.05, 0) is 80.8 Å². The van der Waals surface area contributed by atoms with Crippen LogP contribution >= 0.6 is 0 Å². The fraction of sp³-hybridized carbons (Fsp3) is 0.536. The Morgan fingerprint density at radius 2 is 1.72 bits per heavy atom. The Labute approximate surface area is 225 Å². The summed E-state index contributed by atoms with van der Waals surface area (Å²) in [5, 5.41) is 14.1. The van der Waals surface area contributed by atoms with Gasteiger partial charge in [-0.2, -0.15) is 13.2 Å². The Bertz CT molecular complexity index is 1170. The summed E-state index contributed by atoms with van der Waals surface area (Å²) in [5.74, 6) is 0.138. The summed E-state index contributed by atoms with van der Waals surface area (Å²) in [4.78, 5) is 27.3. The van der Waals surface area contributed by atoms with E-state index in [1.165, 1.54) is 18.2 Å². The summed E-state index contributed by atoms with van der Waals surface area (Å²) in [6.45, 7) is 4.07. The first kappa shape index (κ1) is 28.6. The number of nitro benzene ring substituents is 1. The molecule has 0 atom stereocenters. The van der Waals surface area contributed by atoms with Gasteiger partial charge in [0, 0.05) is 55.6 Å². The molecule has 1 saturated heterocycles. The molecule has 1 N–H and O–H groups in total. The topological polar surface area (TPSA) is 78.7 Å². The average Bonchev–Trinajstić information content (AvgIpc) is 2.89. The molecule has 2 aliphatic rings. The van der Waals surface area contributed by atoms with Crippen molar-refractivity contribution < 1.29 is 27.3 Å². The number of alkyl halides is 3. The number of carbonyl (C=O) groups excluding carboxylic acids is 1. The van der Waals surface area contributed by atoms with Gasteiger partial charge in [0.25, 0.3) is 5.69 Å². The molecule has 1 heterocycles. The third-order valence-corrected chi connectivity index (χ3v) is 8.17. The van der Waals surface area contributed by atoms with Crippen LogP contribution in [0, 0.1) is 27.3 Å². The van der Waals surface area contributed by atoms with Gasteiger partial charge < -0.3 is 15.1 Å². The summed E-state index contributed by atoms with van der Waals surface area (Å²) < 4.78 is 53.1. The average molecular weight is 551 g/mol. The van der Waals surface area contributed by atoms with Crippen LogP contribution in [0.2, 0.25) is 0 Å². The van der Waals surface area contributed by atoms with Crippen LogP contribution in [0.4, 0.5) is 34.6 Å². The van der Waals surface area contributed by atoms with Gasteiger partial charge in [-0.1, -0.05) is 6.92 Å². The predicted molar refractivity (Wildman–Crippen MR) is 141 cm³/mol. The molecule has 0 radical (unpaired) electrons. The second-order valence-corrected chi connectivity index (χ2v) is 11.1. The highest BCUT2D eigenvalue weighted by molar-refractivity contribution is 5.82. The van der Waals surface area contributed by atoms with E-state index in [0.717, 1.165) is 56.6 Å². The minimum absolute atomic E-state index is 0.0434. The number of anilines is 2. The highest BCUT2D eigenvalue weighted by Crippen LogP contribution is 2.39. The van der Waals surface area contributed by atoms with E-state index in [-0.39, 0.29) is 23.5 Å². The highest BCUT2D eigenvalue weighted by Gasteiger charge is 2.40. The van der Waals surface area contributed by atoms with E-state index in [1.54, 1.807) is 12.1 Å². The van der Waals surface area contributed by atoms with E-state index < -0.39 is 27.8 Å². The Balaban J connectivity index is 1.26. The van der Waals surface area contributed by atoms with Gasteiger partial charge in [0.15, 0.2) is 0 Å². The molecule has 7 nitrogen and oxygen atoms in total. The number of nitrogens with zero attached hydrogens (tertiary/aromatic N) is 3. The molecule has 0 spiro atoms. The van der Waals surface area contributed by atoms with Crippen LogP contribution in [0.25, 0.3) is 0 Å². The van der Waals surface area contributed by atoms with Crippen LogP contribution < -0.4 is 10.2 Å². The summed E-state index contributed by atoms with van der Waals surface area (Å²) >= 11 is 0. The molecule has 1 aliphatic heterocycles. The maximum absolute atomic E-state index is 13.4. The van der Waals surface area contributed by atoms with Crippen molar-refractivity contribution in [1.29, 1.82) is 0 Å². The Morgan fingerprint density at radius 3 is 2.28 bits per heavy atom. The van der Waals surface area contributed by atoms with E-state index >= 15 is 0 Å². The number of benzene rings is 2. The number of carbonyl (C=O) groups is 1. The van der Waals surface area contributed by atoms with Crippen LogP contribution in [0.1, 0.15) is 51.0 Å². The standard InChI is InChI=1S/C28H34F4N4O3/c1-27(13-15-35(16-14-27)23-10-5-20(29)6-11-23)26(37)34(2)18-19-3-7-21(8-4-19)33-22-9-12-25(36(38)39)24(17-22)28(30,31)32/h5-6,9-12,17,19,21,33H,3-4,7-8,13-16,18H2,1-2H3/t19-,21-. The Hall–Kier alpha value is -3.37. The molecule has 4 rings (SSSR count). The summed E-state index contributed by atoms with van der Waals surface area (Å²) in [7, 11) is 1.83. The molecule has 1 aliphatic carbocycles. The van der Waals surface area contributed by atoms with Crippen LogP contribution in [0.3, 0.4) is 0 Å². The molecule has 2 aromatic carbocycles. The maximum Gasteiger partial charge on any atom is 0.423 e. The first-order chi connectivity index (χ1) is 18.4.